The van der Waals surface area contributed by atoms with E-state index in [0.717, 1.165) is 28.3 Å². The number of hydrogen-bond acceptors (Lipinski definition) is 5. The molecule has 0 saturated heterocycles. The van der Waals surface area contributed by atoms with Gasteiger partial charge in [-0.1, -0.05) is 18.5 Å². The van der Waals surface area contributed by atoms with Crippen molar-refractivity contribution >= 4 is 39.4 Å². The Bertz CT molecular complexity index is 976. The van der Waals surface area contributed by atoms with Gasteiger partial charge < -0.3 is 4.74 Å². The van der Waals surface area contributed by atoms with Crippen LogP contribution in [0.4, 0.5) is 5.69 Å². The molecule has 0 heterocycles. The predicted molar refractivity (Wildman–Crippen MR) is 116 cm³/mol. The van der Waals surface area contributed by atoms with E-state index in [2.05, 4.69) is 10.5 Å². The molecule has 1 amide bonds. The number of aryl methyl sites for hydroxylation is 1. The molecule has 0 aliphatic heterocycles. The predicted octanol–water partition coefficient (Wildman–Crippen LogP) is 3.35. The second-order valence-electron chi connectivity index (χ2n) is 6.41. The molecule has 1 N–H and O–H groups in total. The molecule has 0 unspecified atom stereocenters. The summed E-state index contributed by atoms with van der Waals surface area (Å²) in [6, 6.07) is 12.0. The zero-order chi connectivity index (χ0) is 21.4. The van der Waals surface area contributed by atoms with E-state index >= 15 is 0 Å². The van der Waals surface area contributed by atoms with Crippen molar-refractivity contribution in [3.8, 4) is 5.75 Å². The third kappa shape index (κ3) is 7.07. The molecule has 0 aliphatic carbocycles. The summed E-state index contributed by atoms with van der Waals surface area (Å²) in [4.78, 5) is 12.2. The topological polar surface area (TPSA) is 88.1 Å². The Morgan fingerprint density at radius 3 is 2.52 bits per heavy atom. The van der Waals surface area contributed by atoms with Crippen LogP contribution in [0.15, 0.2) is 47.6 Å². The van der Waals surface area contributed by atoms with Crippen LogP contribution in [0.1, 0.15) is 24.5 Å². The molecule has 2 aromatic rings. The molecule has 156 valence electrons. The van der Waals surface area contributed by atoms with Gasteiger partial charge in [0.05, 0.1) is 24.8 Å². The minimum atomic E-state index is -3.67. The fourth-order valence-electron chi connectivity index (χ4n) is 2.49. The average Bonchev–Trinajstić information content (AvgIpc) is 2.65. The van der Waals surface area contributed by atoms with Gasteiger partial charge in [-0.05, 0) is 66.9 Å². The number of carbonyl (C=O) groups excluding carboxylic acids is 1. The maximum absolute atomic E-state index is 12.2. The molecule has 0 bridgehead atoms. The van der Waals surface area contributed by atoms with Gasteiger partial charge in [0.25, 0.3) is 5.91 Å². The summed E-state index contributed by atoms with van der Waals surface area (Å²) in [6.07, 6.45) is 3.44. The standard InChI is InChI=1S/C20H24ClN3O4S/c1-4-11-28-18-8-5-16(6-9-18)13-22-23-20(25)14-24(29(3,26)27)19-10-7-17(21)12-15(19)2/h5-10,12-13H,4,11,14H2,1-3H3,(H,23,25)/b22-13-. The van der Waals surface area contributed by atoms with Crippen LogP contribution >= 0.6 is 11.6 Å². The number of nitrogens with one attached hydrogen (secondary N) is 1. The molecule has 7 nitrogen and oxygen atoms in total. The van der Waals surface area contributed by atoms with Crippen LogP contribution < -0.4 is 14.5 Å². The number of halogens is 1. The van der Waals surface area contributed by atoms with Gasteiger partial charge in [0, 0.05) is 5.02 Å². The van der Waals surface area contributed by atoms with Crippen LogP contribution in [0, 0.1) is 6.92 Å². The summed E-state index contributed by atoms with van der Waals surface area (Å²) in [7, 11) is -3.67. The number of ether oxygens (including phenoxy) is 1. The highest BCUT2D eigenvalue weighted by atomic mass is 35.5. The van der Waals surface area contributed by atoms with E-state index in [1.807, 2.05) is 19.1 Å². The molecule has 0 spiro atoms. The van der Waals surface area contributed by atoms with Gasteiger partial charge in [-0.25, -0.2) is 13.8 Å². The van der Waals surface area contributed by atoms with Crippen molar-refractivity contribution in [1.82, 2.24) is 5.43 Å². The molecule has 9 heteroatoms. The van der Waals surface area contributed by atoms with Gasteiger partial charge in [-0.15, -0.1) is 0 Å². The molecule has 2 rings (SSSR count). The summed E-state index contributed by atoms with van der Waals surface area (Å²) in [5.74, 6) is 0.194. The Morgan fingerprint density at radius 2 is 1.93 bits per heavy atom. The number of rotatable bonds is 9. The number of nitrogens with zero attached hydrogens (tertiary/aromatic N) is 2. The average molecular weight is 438 g/mol. The molecule has 29 heavy (non-hydrogen) atoms. The van der Waals surface area contributed by atoms with Gasteiger partial charge in [-0.3, -0.25) is 9.10 Å². The van der Waals surface area contributed by atoms with Crippen LogP contribution in [-0.2, 0) is 14.8 Å². The van der Waals surface area contributed by atoms with Crippen molar-refractivity contribution in [3.63, 3.8) is 0 Å². The largest absolute Gasteiger partial charge is 0.494 e. The number of sulfonamides is 1. The smallest absolute Gasteiger partial charge is 0.260 e. The van der Waals surface area contributed by atoms with Crippen molar-refractivity contribution < 1.29 is 17.9 Å². The second-order valence-corrected chi connectivity index (χ2v) is 8.75. The Labute approximate surface area is 176 Å². The van der Waals surface area contributed by atoms with Crippen LogP contribution in [0.5, 0.6) is 5.75 Å². The SMILES string of the molecule is CCCOc1ccc(/C=N\NC(=O)CN(c2ccc(Cl)cc2C)S(C)(=O)=O)cc1. The van der Waals surface area contributed by atoms with Gasteiger partial charge >= 0.3 is 0 Å². The highest BCUT2D eigenvalue weighted by molar-refractivity contribution is 7.92. The van der Waals surface area contributed by atoms with Crippen molar-refractivity contribution in [2.24, 2.45) is 5.10 Å². The number of carbonyl (C=O) groups is 1. The lowest BCUT2D eigenvalue weighted by atomic mass is 10.2. The molecule has 0 atom stereocenters. The molecule has 0 aliphatic rings. The Morgan fingerprint density at radius 1 is 1.24 bits per heavy atom. The lowest BCUT2D eigenvalue weighted by Crippen LogP contribution is -2.39. The molecule has 2 aromatic carbocycles. The van der Waals surface area contributed by atoms with Gasteiger partial charge in [-0.2, -0.15) is 5.10 Å². The monoisotopic (exact) mass is 437 g/mol. The first kappa shape index (κ1) is 22.7. The van der Waals surface area contributed by atoms with E-state index in [1.54, 1.807) is 37.3 Å². The van der Waals surface area contributed by atoms with Crippen molar-refractivity contribution in [1.29, 1.82) is 0 Å². The van der Waals surface area contributed by atoms with Gasteiger partial charge in [0.2, 0.25) is 10.0 Å². The maximum atomic E-state index is 12.2. The van der Waals surface area contributed by atoms with Gasteiger partial charge in [0.15, 0.2) is 0 Å². The zero-order valence-electron chi connectivity index (χ0n) is 16.6. The highest BCUT2D eigenvalue weighted by Crippen LogP contribution is 2.25. The molecule has 0 fully saturated rings. The molecule has 0 aromatic heterocycles. The molecular weight excluding hydrogens is 414 g/mol. The molecular formula is C20H24ClN3O4S. The Kier molecular flexibility index (Phi) is 8.04. The van der Waals surface area contributed by atoms with Gasteiger partial charge in [0.1, 0.15) is 12.3 Å². The highest BCUT2D eigenvalue weighted by Gasteiger charge is 2.22. The lowest BCUT2D eigenvalue weighted by Gasteiger charge is -2.23. The Hall–Kier alpha value is -2.58. The Balaban J connectivity index is 2.02. The first-order chi connectivity index (χ1) is 13.7. The summed E-state index contributed by atoms with van der Waals surface area (Å²) in [6.45, 7) is 4.00. The minimum absolute atomic E-state index is 0.388. The first-order valence-corrected chi connectivity index (χ1v) is 11.2. The molecule has 0 radical (unpaired) electrons. The van der Waals surface area contributed by atoms with Crippen LogP contribution in [0.2, 0.25) is 5.02 Å². The maximum Gasteiger partial charge on any atom is 0.260 e. The summed E-state index contributed by atoms with van der Waals surface area (Å²) < 4.78 is 30.9. The van der Waals surface area contributed by atoms with Crippen LogP contribution in [0.25, 0.3) is 0 Å². The van der Waals surface area contributed by atoms with Crippen molar-refractivity contribution in [2.75, 3.05) is 23.7 Å². The summed E-state index contributed by atoms with van der Waals surface area (Å²) in [5.41, 5.74) is 4.15. The lowest BCUT2D eigenvalue weighted by molar-refractivity contribution is -0.119. The first-order valence-electron chi connectivity index (χ1n) is 8.99. The third-order valence-corrected chi connectivity index (χ3v) is 5.23. The number of hydrazone groups is 1. The number of hydrogen-bond donors (Lipinski definition) is 1. The van der Waals surface area contributed by atoms with E-state index < -0.39 is 22.5 Å². The fraction of sp³-hybridized carbons (Fsp3) is 0.300. The second kappa shape index (κ2) is 10.3. The normalized spacial score (nSPS) is 11.4. The minimum Gasteiger partial charge on any atom is -0.494 e. The van der Waals surface area contributed by atoms with Crippen LogP contribution in [-0.4, -0.2) is 39.9 Å². The number of amides is 1. The van der Waals surface area contributed by atoms with Crippen molar-refractivity contribution in [2.45, 2.75) is 20.3 Å². The summed E-state index contributed by atoms with van der Waals surface area (Å²) >= 11 is 5.93. The van der Waals surface area contributed by atoms with Crippen molar-refractivity contribution in [3.05, 3.63) is 58.6 Å². The van der Waals surface area contributed by atoms with E-state index in [4.69, 9.17) is 16.3 Å². The van der Waals surface area contributed by atoms with Crippen LogP contribution in [0.3, 0.4) is 0 Å². The fourth-order valence-corrected chi connectivity index (χ4v) is 3.63. The van der Waals surface area contributed by atoms with E-state index in [9.17, 15) is 13.2 Å². The van der Waals surface area contributed by atoms with E-state index in [1.165, 1.54) is 6.21 Å². The quantitative estimate of drug-likeness (QED) is 0.481. The third-order valence-electron chi connectivity index (χ3n) is 3.87. The summed E-state index contributed by atoms with van der Waals surface area (Å²) in [5, 5.41) is 4.38. The zero-order valence-corrected chi connectivity index (χ0v) is 18.1. The number of anilines is 1. The van der Waals surface area contributed by atoms with E-state index in [-0.39, 0.29) is 0 Å². The number of benzene rings is 2. The molecule has 0 saturated carbocycles. The van der Waals surface area contributed by atoms with E-state index in [0.29, 0.717) is 22.9 Å².